The molecule has 0 heterocycles. The Kier molecular flexibility index (Phi) is 4.32. The zero-order valence-electron chi connectivity index (χ0n) is 10.0. The summed E-state index contributed by atoms with van der Waals surface area (Å²) < 4.78 is 14.6. The van der Waals surface area contributed by atoms with Gasteiger partial charge in [0.2, 0.25) is 0 Å². The molecule has 0 amide bonds. The zero-order chi connectivity index (χ0) is 13.8. The molecule has 0 radical (unpaired) electrons. The van der Waals surface area contributed by atoms with Crippen LogP contribution in [0.1, 0.15) is 17.0 Å². The van der Waals surface area contributed by atoms with Crippen molar-refractivity contribution in [3.8, 4) is 0 Å². The maximum Gasteiger partial charge on any atom is 0.311 e. The third-order valence-electron chi connectivity index (χ3n) is 2.96. The lowest BCUT2D eigenvalue weighted by Gasteiger charge is -2.14. The Balaban J connectivity index is 2.35. The van der Waals surface area contributed by atoms with Crippen molar-refractivity contribution in [1.82, 2.24) is 0 Å². The fourth-order valence-corrected chi connectivity index (χ4v) is 2.42. The van der Waals surface area contributed by atoms with Crippen molar-refractivity contribution in [1.29, 1.82) is 0 Å². The van der Waals surface area contributed by atoms with Crippen LogP contribution in [-0.4, -0.2) is 11.1 Å². The molecule has 0 bridgehead atoms. The summed E-state index contributed by atoms with van der Waals surface area (Å²) >= 11 is 3.38. The Morgan fingerprint density at radius 2 is 1.79 bits per heavy atom. The van der Waals surface area contributed by atoms with Gasteiger partial charge in [0, 0.05) is 10.0 Å². The van der Waals surface area contributed by atoms with E-state index in [0.717, 1.165) is 10.0 Å². The molecule has 2 aromatic carbocycles. The fourth-order valence-electron chi connectivity index (χ4n) is 1.97. The van der Waals surface area contributed by atoms with Crippen molar-refractivity contribution in [2.24, 2.45) is 0 Å². The van der Waals surface area contributed by atoms with E-state index in [-0.39, 0.29) is 12.0 Å². The molecule has 4 heteroatoms. The van der Waals surface area contributed by atoms with E-state index in [1.54, 1.807) is 12.1 Å². The van der Waals surface area contributed by atoms with Crippen molar-refractivity contribution in [3.63, 3.8) is 0 Å². The Morgan fingerprint density at radius 3 is 2.42 bits per heavy atom. The number of carboxylic acid groups (broad SMARTS) is 1. The van der Waals surface area contributed by atoms with E-state index < -0.39 is 17.7 Å². The first-order valence-corrected chi connectivity index (χ1v) is 6.59. The van der Waals surface area contributed by atoms with Gasteiger partial charge in [-0.05, 0) is 24.1 Å². The smallest absolute Gasteiger partial charge is 0.311 e. The van der Waals surface area contributed by atoms with Gasteiger partial charge < -0.3 is 5.11 Å². The largest absolute Gasteiger partial charge is 0.481 e. The van der Waals surface area contributed by atoms with Gasteiger partial charge in [0.15, 0.2) is 0 Å². The van der Waals surface area contributed by atoms with Crippen LogP contribution >= 0.6 is 15.9 Å². The highest BCUT2D eigenvalue weighted by molar-refractivity contribution is 9.10. The van der Waals surface area contributed by atoms with E-state index in [4.69, 9.17) is 0 Å². The minimum absolute atomic E-state index is 0.214. The number of hydrogen-bond donors (Lipinski definition) is 1. The number of halogens is 2. The normalized spacial score (nSPS) is 12.1. The van der Waals surface area contributed by atoms with Crippen LogP contribution in [0.3, 0.4) is 0 Å². The molecule has 2 rings (SSSR count). The predicted octanol–water partition coefficient (Wildman–Crippen LogP) is 4.00. The highest BCUT2D eigenvalue weighted by Crippen LogP contribution is 2.27. The first-order valence-electron chi connectivity index (χ1n) is 5.80. The summed E-state index contributed by atoms with van der Waals surface area (Å²) in [5.74, 6) is -2.40. The lowest BCUT2D eigenvalue weighted by atomic mass is 9.92. The number of carboxylic acids is 1. The second-order valence-corrected chi connectivity index (χ2v) is 5.06. The van der Waals surface area contributed by atoms with Gasteiger partial charge in [0.25, 0.3) is 0 Å². The summed E-state index contributed by atoms with van der Waals surface area (Å²) in [5.41, 5.74) is 1.06. The first-order chi connectivity index (χ1) is 9.09. The van der Waals surface area contributed by atoms with Crippen LogP contribution in [0.5, 0.6) is 0 Å². The van der Waals surface area contributed by atoms with Gasteiger partial charge in [-0.1, -0.05) is 52.3 Å². The molecule has 0 saturated heterocycles. The van der Waals surface area contributed by atoms with E-state index in [1.165, 1.54) is 12.1 Å². The zero-order valence-corrected chi connectivity index (χ0v) is 11.6. The van der Waals surface area contributed by atoms with E-state index in [9.17, 15) is 14.3 Å². The minimum atomic E-state index is -1.03. The number of aliphatic carboxylic acids is 1. The number of hydrogen-bond acceptors (Lipinski definition) is 1. The molecule has 2 aromatic rings. The standard InChI is InChI=1S/C15H12BrFO2/c16-13-7-3-1-5-10(13)9-12(15(18)19)11-6-2-4-8-14(11)17/h1-8,12H,9H2,(H,18,19). The quantitative estimate of drug-likeness (QED) is 0.923. The molecule has 1 N–H and O–H groups in total. The summed E-state index contributed by atoms with van der Waals surface area (Å²) in [6.45, 7) is 0. The van der Waals surface area contributed by atoms with Crippen LogP contribution in [0.2, 0.25) is 0 Å². The molecule has 0 aromatic heterocycles. The lowest BCUT2D eigenvalue weighted by molar-refractivity contribution is -0.138. The monoisotopic (exact) mass is 322 g/mol. The van der Waals surface area contributed by atoms with Gasteiger partial charge in [-0.2, -0.15) is 0 Å². The van der Waals surface area contributed by atoms with Gasteiger partial charge in [0.05, 0.1) is 5.92 Å². The topological polar surface area (TPSA) is 37.3 Å². The summed E-state index contributed by atoms with van der Waals surface area (Å²) in [4.78, 5) is 11.4. The molecular weight excluding hydrogens is 311 g/mol. The van der Waals surface area contributed by atoms with E-state index in [2.05, 4.69) is 15.9 Å². The van der Waals surface area contributed by atoms with Crippen molar-refractivity contribution < 1.29 is 14.3 Å². The molecule has 0 aliphatic heterocycles. The summed E-state index contributed by atoms with van der Waals surface area (Å²) in [6, 6.07) is 13.4. The molecule has 0 aliphatic carbocycles. The number of benzene rings is 2. The van der Waals surface area contributed by atoms with Crippen molar-refractivity contribution in [2.45, 2.75) is 12.3 Å². The molecule has 0 spiro atoms. The highest BCUT2D eigenvalue weighted by Gasteiger charge is 2.23. The van der Waals surface area contributed by atoms with Crippen LogP contribution in [0.25, 0.3) is 0 Å². The second kappa shape index (κ2) is 5.97. The molecule has 1 atom stereocenters. The second-order valence-electron chi connectivity index (χ2n) is 4.21. The molecule has 0 fully saturated rings. The van der Waals surface area contributed by atoms with Crippen LogP contribution in [-0.2, 0) is 11.2 Å². The Morgan fingerprint density at radius 1 is 1.16 bits per heavy atom. The maximum atomic E-state index is 13.7. The van der Waals surface area contributed by atoms with Gasteiger partial charge >= 0.3 is 5.97 Å². The minimum Gasteiger partial charge on any atom is -0.481 e. The van der Waals surface area contributed by atoms with Gasteiger partial charge in [-0.3, -0.25) is 4.79 Å². The molecule has 2 nitrogen and oxygen atoms in total. The van der Waals surface area contributed by atoms with Crippen LogP contribution in [0.4, 0.5) is 4.39 Å². The molecular formula is C15H12BrFO2. The molecule has 19 heavy (non-hydrogen) atoms. The summed E-state index contributed by atoms with van der Waals surface area (Å²) in [6.07, 6.45) is 0.248. The molecule has 98 valence electrons. The average molecular weight is 323 g/mol. The number of rotatable bonds is 4. The average Bonchev–Trinajstić information content (AvgIpc) is 2.38. The number of carbonyl (C=O) groups is 1. The molecule has 1 unspecified atom stereocenters. The molecule has 0 aliphatic rings. The summed E-state index contributed by atoms with van der Waals surface area (Å²) in [5, 5.41) is 9.32. The fraction of sp³-hybridized carbons (Fsp3) is 0.133. The highest BCUT2D eigenvalue weighted by atomic mass is 79.9. The summed E-state index contributed by atoms with van der Waals surface area (Å²) in [7, 11) is 0. The predicted molar refractivity (Wildman–Crippen MR) is 74.6 cm³/mol. The lowest BCUT2D eigenvalue weighted by Crippen LogP contribution is -2.16. The van der Waals surface area contributed by atoms with Crippen molar-refractivity contribution in [3.05, 3.63) is 69.9 Å². The maximum absolute atomic E-state index is 13.7. The third-order valence-corrected chi connectivity index (χ3v) is 3.73. The third kappa shape index (κ3) is 3.20. The Hall–Kier alpha value is -1.68. The van der Waals surface area contributed by atoms with Crippen molar-refractivity contribution in [2.75, 3.05) is 0 Å². The molecule has 0 saturated carbocycles. The van der Waals surface area contributed by atoms with Gasteiger partial charge in [0.1, 0.15) is 5.82 Å². The van der Waals surface area contributed by atoms with E-state index in [0.29, 0.717) is 0 Å². The van der Waals surface area contributed by atoms with Gasteiger partial charge in [-0.15, -0.1) is 0 Å². The Bertz CT molecular complexity index is 598. The van der Waals surface area contributed by atoms with Gasteiger partial charge in [-0.25, -0.2) is 4.39 Å². The van der Waals surface area contributed by atoms with Crippen LogP contribution < -0.4 is 0 Å². The van der Waals surface area contributed by atoms with Crippen molar-refractivity contribution >= 4 is 21.9 Å². The SMILES string of the molecule is O=C(O)C(Cc1ccccc1Br)c1ccccc1F. The van der Waals surface area contributed by atoms with Crippen LogP contribution in [0.15, 0.2) is 53.0 Å². The Labute approximate surface area is 119 Å². The van der Waals surface area contributed by atoms with E-state index >= 15 is 0 Å². The first kappa shape index (κ1) is 13.7. The van der Waals surface area contributed by atoms with Crippen LogP contribution in [0, 0.1) is 5.82 Å². The van der Waals surface area contributed by atoms with E-state index in [1.807, 2.05) is 24.3 Å².